The number of hydrogen-bond acceptors (Lipinski definition) is 3. The molecule has 0 atom stereocenters. The maximum atomic E-state index is 5.35. The maximum absolute atomic E-state index is 5.35. The molecule has 16 heavy (non-hydrogen) atoms. The first-order valence-corrected chi connectivity index (χ1v) is 6.67. The van der Waals surface area contributed by atoms with E-state index in [9.17, 15) is 0 Å². The molecule has 0 radical (unpaired) electrons. The van der Waals surface area contributed by atoms with Crippen LogP contribution < -0.4 is 0 Å². The first-order valence-electron chi connectivity index (χ1n) is 6.67. The van der Waals surface area contributed by atoms with Crippen LogP contribution in [0.15, 0.2) is 0 Å². The van der Waals surface area contributed by atoms with E-state index >= 15 is 0 Å². The van der Waals surface area contributed by atoms with Crippen LogP contribution in [0.1, 0.15) is 34.1 Å². The third-order valence-electron chi connectivity index (χ3n) is 3.32. The topological polar surface area (TPSA) is 15.7 Å². The molecule has 0 bridgehead atoms. The largest absolute Gasteiger partial charge is 0.379 e. The van der Waals surface area contributed by atoms with E-state index in [0.29, 0.717) is 12.1 Å². The summed E-state index contributed by atoms with van der Waals surface area (Å²) in [5.41, 5.74) is 0. The molecule has 0 amide bonds. The van der Waals surface area contributed by atoms with Crippen molar-refractivity contribution in [2.75, 3.05) is 39.4 Å². The third-order valence-corrected chi connectivity index (χ3v) is 3.32. The van der Waals surface area contributed by atoms with Crippen LogP contribution in [0.5, 0.6) is 0 Å². The van der Waals surface area contributed by atoms with Crippen molar-refractivity contribution >= 4 is 0 Å². The molecule has 3 heteroatoms. The van der Waals surface area contributed by atoms with Crippen LogP contribution in [-0.4, -0.2) is 61.3 Å². The summed E-state index contributed by atoms with van der Waals surface area (Å²) in [7, 11) is 0. The second kappa shape index (κ2) is 7.25. The van der Waals surface area contributed by atoms with Crippen LogP contribution in [0, 0.1) is 0 Å². The molecule has 0 saturated carbocycles. The van der Waals surface area contributed by atoms with Crippen molar-refractivity contribution in [1.82, 2.24) is 9.80 Å². The Balaban J connectivity index is 2.16. The minimum atomic E-state index is 0.657. The molecule has 96 valence electrons. The highest BCUT2D eigenvalue weighted by Crippen LogP contribution is 2.06. The van der Waals surface area contributed by atoms with Gasteiger partial charge in [0.25, 0.3) is 0 Å². The zero-order valence-electron chi connectivity index (χ0n) is 11.4. The van der Waals surface area contributed by atoms with Crippen molar-refractivity contribution in [1.29, 1.82) is 0 Å². The predicted molar refractivity (Wildman–Crippen MR) is 68.9 cm³/mol. The van der Waals surface area contributed by atoms with Crippen molar-refractivity contribution in [3.05, 3.63) is 0 Å². The van der Waals surface area contributed by atoms with Gasteiger partial charge < -0.3 is 4.74 Å². The summed E-state index contributed by atoms with van der Waals surface area (Å²) < 4.78 is 5.35. The van der Waals surface area contributed by atoms with Gasteiger partial charge in [-0.25, -0.2) is 0 Å². The van der Waals surface area contributed by atoms with Crippen molar-refractivity contribution in [2.45, 2.75) is 46.2 Å². The molecule has 0 aromatic heterocycles. The predicted octanol–water partition coefficient (Wildman–Crippen LogP) is 1.83. The van der Waals surface area contributed by atoms with Gasteiger partial charge in [0.1, 0.15) is 0 Å². The van der Waals surface area contributed by atoms with Gasteiger partial charge in [-0.15, -0.1) is 0 Å². The molecule has 1 heterocycles. The van der Waals surface area contributed by atoms with Gasteiger partial charge in [-0.1, -0.05) is 0 Å². The van der Waals surface area contributed by atoms with Crippen LogP contribution in [0.25, 0.3) is 0 Å². The number of hydrogen-bond donors (Lipinski definition) is 0. The molecular weight excluding hydrogens is 200 g/mol. The van der Waals surface area contributed by atoms with Crippen LogP contribution in [0.4, 0.5) is 0 Å². The summed E-state index contributed by atoms with van der Waals surface area (Å²) in [6.07, 6.45) is 1.27. The van der Waals surface area contributed by atoms with E-state index < -0.39 is 0 Å². The fourth-order valence-corrected chi connectivity index (χ4v) is 2.41. The summed E-state index contributed by atoms with van der Waals surface area (Å²) in [6, 6.07) is 1.31. The van der Waals surface area contributed by atoms with Gasteiger partial charge in [0, 0.05) is 25.2 Å². The molecule has 0 spiro atoms. The minimum Gasteiger partial charge on any atom is -0.379 e. The van der Waals surface area contributed by atoms with E-state index in [1.54, 1.807) is 0 Å². The molecule has 1 aliphatic rings. The molecule has 1 fully saturated rings. The Morgan fingerprint density at radius 3 is 2.12 bits per heavy atom. The Bertz CT molecular complexity index is 169. The van der Waals surface area contributed by atoms with E-state index in [1.807, 2.05) is 0 Å². The van der Waals surface area contributed by atoms with Crippen LogP contribution in [-0.2, 0) is 4.74 Å². The summed E-state index contributed by atoms with van der Waals surface area (Å²) in [5.74, 6) is 0. The van der Waals surface area contributed by atoms with E-state index in [1.165, 1.54) is 19.5 Å². The number of rotatable bonds is 6. The Labute approximate surface area is 101 Å². The summed E-state index contributed by atoms with van der Waals surface area (Å²) in [4.78, 5) is 5.09. The van der Waals surface area contributed by atoms with Gasteiger partial charge in [-0.05, 0) is 47.2 Å². The molecule has 1 aliphatic heterocycles. The number of morpholine rings is 1. The zero-order valence-corrected chi connectivity index (χ0v) is 11.4. The second-order valence-electron chi connectivity index (χ2n) is 5.23. The van der Waals surface area contributed by atoms with Crippen LogP contribution in [0.3, 0.4) is 0 Å². The van der Waals surface area contributed by atoms with Gasteiger partial charge in [0.15, 0.2) is 0 Å². The lowest BCUT2D eigenvalue weighted by Gasteiger charge is -2.32. The maximum Gasteiger partial charge on any atom is 0.0594 e. The normalized spacial score (nSPS) is 18.9. The molecule has 1 saturated heterocycles. The van der Waals surface area contributed by atoms with Crippen LogP contribution in [0.2, 0.25) is 0 Å². The average molecular weight is 228 g/mol. The van der Waals surface area contributed by atoms with Gasteiger partial charge in [0.05, 0.1) is 13.2 Å². The van der Waals surface area contributed by atoms with Crippen molar-refractivity contribution in [3.63, 3.8) is 0 Å². The molecule has 3 nitrogen and oxygen atoms in total. The monoisotopic (exact) mass is 228 g/mol. The molecule has 1 rings (SSSR count). The zero-order chi connectivity index (χ0) is 12.0. The summed E-state index contributed by atoms with van der Waals surface area (Å²) in [6.45, 7) is 15.6. The smallest absolute Gasteiger partial charge is 0.0594 e. The quantitative estimate of drug-likeness (QED) is 0.690. The lowest BCUT2D eigenvalue weighted by Crippen LogP contribution is -2.41. The average Bonchev–Trinajstić information content (AvgIpc) is 2.24. The molecule has 0 aromatic rings. The number of nitrogens with zero attached hydrogens (tertiary/aromatic N) is 2. The van der Waals surface area contributed by atoms with E-state index in [4.69, 9.17) is 4.74 Å². The third kappa shape index (κ3) is 4.81. The molecule has 0 unspecified atom stereocenters. The minimum absolute atomic E-state index is 0.657. The lowest BCUT2D eigenvalue weighted by atomic mass is 10.2. The summed E-state index contributed by atoms with van der Waals surface area (Å²) in [5, 5.41) is 0. The first-order chi connectivity index (χ1) is 7.61. The van der Waals surface area contributed by atoms with E-state index in [0.717, 1.165) is 26.3 Å². The van der Waals surface area contributed by atoms with Crippen LogP contribution >= 0.6 is 0 Å². The fraction of sp³-hybridized carbons (Fsp3) is 1.00. The van der Waals surface area contributed by atoms with Gasteiger partial charge in [-0.2, -0.15) is 0 Å². The molecular formula is C13H28N2O. The Morgan fingerprint density at radius 2 is 1.62 bits per heavy atom. The lowest BCUT2D eigenvalue weighted by molar-refractivity contribution is 0.0349. The molecule has 0 N–H and O–H groups in total. The Hall–Kier alpha value is -0.120. The van der Waals surface area contributed by atoms with Crippen molar-refractivity contribution in [3.8, 4) is 0 Å². The standard InChI is InChI=1S/C13H28N2O/c1-12(2)15(13(3)4)7-5-6-14-8-10-16-11-9-14/h12-13H,5-11H2,1-4H3. The highest BCUT2D eigenvalue weighted by Gasteiger charge is 2.14. The van der Waals surface area contributed by atoms with Gasteiger partial charge in [0.2, 0.25) is 0 Å². The highest BCUT2D eigenvalue weighted by atomic mass is 16.5. The Kier molecular flexibility index (Phi) is 6.32. The van der Waals surface area contributed by atoms with Crippen molar-refractivity contribution in [2.24, 2.45) is 0 Å². The first kappa shape index (κ1) is 13.9. The van der Waals surface area contributed by atoms with E-state index in [-0.39, 0.29) is 0 Å². The SMILES string of the molecule is CC(C)N(CCCN1CCOCC1)C(C)C. The summed E-state index contributed by atoms with van der Waals surface area (Å²) >= 11 is 0. The molecule has 0 aromatic carbocycles. The van der Waals surface area contributed by atoms with Gasteiger partial charge >= 0.3 is 0 Å². The molecule has 0 aliphatic carbocycles. The van der Waals surface area contributed by atoms with Gasteiger partial charge in [-0.3, -0.25) is 9.80 Å². The fourth-order valence-electron chi connectivity index (χ4n) is 2.41. The second-order valence-corrected chi connectivity index (χ2v) is 5.23. The number of ether oxygens (including phenoxy) is 1. The van der Waals surface area contributed by atoms with Crippen molar-refractivity contribution < 1.29 is 4.74 Å². The van der Waals surface area contributed by atoms with E-state index in [2.05, 4.69) is 37.5 Å². The highest BCUT2D eigenvalue weighted by molar-refractivity contribution is 4.69. The Morgan fingerprint density at radius 1 is 1.06 bits per heavy atom.